The van der Waals surface area contributed by atoms with Gasteiger partial charge in [-0.05, 0) is 42.9 Å². The number of aromatic nitrogens is 2. The number of rotatable bonds is 4. The van der Waals surface area contributed by atoms with E-state index in [1.165, 1.54) is 18.4 Å². The van der Waals surface area contributed by atoms with Gasteiger partial charge in [0.2, 0.25) is 0 Å². The van der Waals surface area contributed by atoms with Crippen LogP contribution < -0.4 is 15.0 Å². The van der Waals surface area contributed by atoms with Gasteiger partial charge in [-0.15, -0.1) is 0 Å². The maximum atomic E-state index is 12.4. The molecule has 0 atom stereocenters. The molecule has 0 unspecified atom stereocenters. The summed E-state index contributed by atoms with van der Waals surface area (Å²) in [4.78, 5) is 22.5. The maximum Gasteiger partial charge on any atom is 0.254 e. The summed E-state index contributed by atoms with van der Waals surface area (Å²) in [5.41, 5.74) is 3.07. The van der Waals surface area contributed by atoms with Gasteiger partial charge in [0.25, 0.3) is 5.56 Å². The number of fused-ring (bicyclic) bond motifs is 2. The monoisotopic (exact) mass is 353 g/mol. The van der Waals surface area contributed by atoms with Crippen LogP contribution in [-0.4, -0.2) is 34.6 Å². The summed E-state index contributed by atoms with van der Waals surface area (Å²) in [7, 11) is 0. The molecule has 136 valence electrons. The molecule has 0 bridgehead atoms. The fourth-order valence-corrected chi connectivity index (χ4v) is 3.82. The molecule has 1 N–H and O–H groups in total. The second-order valence-corrected chi connectivity index (χ2v) is 7.52. The minimum absolute atomic E-state index is 0.0598. The number of hydrogen-bond donors (Lipinski definition) is 1. The Morgan fingerprint density at radius 2 is 2.04 bits per heavy atom. The Bertz CT molecular complexity index is 888. The third-order valence-corrected chi connectivity index (χ3v) is 5.39. The van der Waals surface area contributed by atoms with Crippen molar-refractivity contribution in [2.24, 2.45) is 5.92 Å². The van der Waals surface area contributed by atoms with Crippen molar-refractivity contribution in [1.29, 1.82) is 0 Å². The van der Waals surface area contributed by atoms with Gasteiger partial charge >= 0.3 is 0 Å². The lowest BCUT2D eigenvalue weighted by molar-refractivity contribution is 0.171. The Morgan fingerprint density at radius 3 is 2.88 bits per heavy atom. The zero-order valence-electron chi connectivity index (χ0n) is 14.8. The number of aromatic amines is 1. The Kier molecular flexibility index (Phi) is 3.93. The van der Waals surface area contributed by atoms with E-state index in [2.05, 4.69) is 22.0 Å². The molecule has 6 nitrogen and oxygen atoms in total. The van der Waals surface area contributed by atoms with Gasteiger partial charge in [0, 0.05) is 31.6 Å². The third-order valence-electron chi connectivity index (χ3n) is 5.39. The number of benzene rings is 1. The van der Waals surface area contributed by atoms with Crippen molar-refractivity contribution < 1.29 is 9.47 Å². The number of nitrogens with one attached hydrogen (secondary N) is 1. The standard InChI is InChI=1S/C20H23N3O3/c24-20-15-5-6-23(12-16(15)21-19(22-20)10-13-1-2-13)11-14-3-4-17-18(9-14)26-8-7-25-17/h3-4,9,13H,1-2,5-8,10-12H2,(H,21,22,24). The van der Waals surface area contributed by atoms with Crippen molar-refractivity contribution in [2.45, 2.75) is 38.8 Å². The zero-order valence-corrected chi connectivity index (χ0v) is 14.8. The van der Waals surface area contributed by atoms with E-state index in [1.807, 2.05) is 6.07 Å². The van der Waals surface area contributed by atoms with Crippen LogP contribution in [0.25, 0.3) is 0 Å². The highest BCUT2D eigenvalue weighted by Gasteiger charge is 2.25. The second kappa shape index (κ2) is 6.43. The van der Waals surface area contributed by atoms with E-state index in [1.54, 1.807) is 0 Å². The van der Waals surface area contributed by atoms with Crippen molar-refractivity contribution in [3.63, 3.8) is 0 Å². The lowest BCUT2D eigenvalue weighted by Gasteiger charge is -2.28. The molecule has 1 aromatic carbocycles. The smallest absolute Gasteiger partial charge is 0.254 e. The molecule has 3 heterocycles. The van der Waals surface area contributed by atoms with Gasteiger partial charge < -0.3 is 14.5 Å². The van der Waals surface area contributed by atoms with E-state index < -0.39 is 0 Å². The van der Waals surface area contributed by atoms with E-state index >= 15 is 0 Å². The minimum Gasteiger partial charge on any atom is -0.486 e. The molecule has 0 saturated heterocycles. The Balaban J connectivity index is 1.33. The summed E-state index contributed by atoms with van der Waals surface area (Å²) in [5, 5.41) is 0. The van der Waals surface area contributed by atoms with Crippen LogP contribution in [0.5, 0.6) is 11.5 Å². The van der Waals surface area contributed by atoms with Gasteiger partial charge in [-0.2, -0.15) is 0 Å². The van der Waals surface area contributed by atoms with Crippen LogP contribution in [0.4, 0.5) is 0 Å². The molecule has 2 aliphatic heterocycles. The first-order chi connectivity index (χ1) is 12.7. The molecule has 0 spiro atoms. The summed E-state index contributed by atoms with van der Waals surface area (Å²) in [6.07, 6.45) is 4.19. The van der Waals surface area contributed by atoms with Crippen molar-refractivity contribution in [2.75, 3.05) is 19.8 Å². The van der Waals surface area contributed by atoms with Gasteiger partial charge in [-0.1, -0.05) is 6.07 Å². The third kappa shape index (κ3) is 3.21. The topological polar surface area (TPSA) is 67.5 Å². The summed E-state index contributed by atoms with van der Waals surface area (Å²) < 4.78 is 11.3. The van der Waals surface area contributed by atoms with Crippen LogP contribution in [0.1, 0.15) is 35.5 Å². The molecule has 2 aromatic rings. The van der Waals surface area contributed by atoms with E-state index in [-0.39, 0.29) is 5.56 Å². The van der Waals surface area contributed by atoms with Gasteiger partial charge in [-0.3, -0.25) is 9.69 Å². The molecule has 5 rings (SSSR count). The fraction of sp³-hybridized carbons (Fsp3) is 0.500. The highest BCUT2D eigenvalue weighted by atomic mass is 16.6. The van der Waals surface area contributed by atoms with Crippen LogP contribution in [0, 0.1) is 5.92 Å². The quantitative estimate of drug-likeness (QED) is 0.911. The van der Waals surface area contributed by atoms with Crippen LogP contribution in [0.3, 0.4) is 0 Å². The molecule has 1 aliphatic carbocycles. The molecule has 1 saturated carbocycles. The van der Waals surface area contributed by atoms with E-state index in [0.717, 1.165) is 61.1 Å². The number of nitrogens with zero attached hydrogens (tertiary/aromatic N) is 2. The SMILES string of the molecule is O=c1[nH]c(CC2CC2)nc2c1CCN(Cc1ccc3c(c1)OCCO3)C2. The lowest BCUT2D eigenvalue weighted by atomic mass is 10.0. The average Bonchev–Trinajstić information content (AvgIpc) is 3.45. The molecule has 1 aromatic heterocycles. The largest absolute Gasteiger partial charge is 0.486 e. The summed E-state index contributed by atoms with van der Waals surface area (Å²) in [5.74, 6) is 3.22. The van der Waals surface area contributed by atoms with Gasteiger partial charge in [0.1, 0.15) is 19.0 Å². The first kappa shape index (κ1) is 15.9. The van der Waals surface area contributed by atoms with Crippen molar-refractivity contribution >= 4 is 0 Å². The predicted octanol–water partition coefficient (Wildman–Crippen LogP) is 2.05. The van der Waals surface area contributed by atoms with Crippen molar-refractivity contribution in [3.05, 3.63) is 51.2 Å². The first-order valence-electron chi connectivity index (χ1n) is 9.46. The van der Waals surface area contributed by atoms with E-state index in [9.17, 15) is 4.79 Å². The highest BCUT2D eigenvalue weighted by molar-refractivity contribution is 5.43. The predicted molar refractivity (Wildman–Crippen MR) is 96.5 cm³/mol. The van der Waals surface area contributed by atoms with Crippen molar-refractivity contribution in [3.8, 4) is 11.5 Å². The zero-order chi connectivity index (χ0) is 17.5. The molecular formula is C20H23N3O3. The summed E-state index contributed by atoms with van der Waals surface area (Å²) >= 11 is 0. The first-order valence-corrected chi connectivity index (χ1v) is 9.46. The second-order valence-electron chi connectivity index (χ2n) is 7.52. The van der Waals surface area contributed by atoms with Gasteiger partial charge in [0.15, 0.2) is 11.5 Å². The summed E-state index contributed by atoms with van der Waals surface area (Å²) in [6, 6.07) is 6.14. The molecule has 0 radical (unpaired) electrons. The maximum absolute atomic E-state index is 12.4. The van der Waals surface area contributed by atoms with Crippen LogP contribution in [0.15, 0.2) is 23.0 Å². The number of H-pyrrole nitrogens is 1. The van der Waals surface area contributed by atoms with Gasteiger partial charge in [0.05, 0.1) is 5.69 Å². The molecule has 6 heteroatoms. The van der Waals surface area contributed by atoms with Gasteiger partial charge in [-0.25, -0.2) is 4.98 Å². The Hall–Kier alpha value is -2.34. The normalized spacial score (nSPS) is 19.2. The number of hydrogen-bond acceptors (Lipinski definition) is 5. The van der Waals surface area contributed by atoms with Crippen LogP contribution in [0.2, 0.25) is 0 Å². The Labute approximate surface area is 152 Å². The number of ether oxygens (including phenoxy) is 2. The van der Waals surface area contributed by atoms with Crippen LogP contribution >= 0.6 is 0 Å². The lowest BCUT2D eigenvalue weighted by Crippen LogP contribution is -2.35. The van der Waals surface area contributed by atoms with Crippen LogP contribution in [-0.2, 0) is 25.9 Å². The summed E-state index contributed by atoms with van der Waals surface area (Å²) in [6.45, 7) is 3.63. The molecule has 3 aliphatic rings. The average molecular weight is 353 g/mol. The molecule has 1 fully saturated rings. The molecule has 0 amide bonds. The molecule has 26 heavy (non-hydrogen) atoms. The molecular weight excluding hydrogens is 330 g/mol. The minimum atomic E-state index is 0.0598. The highest BCUT2D eigenvalue weighted by Crippen LogP contribution is 2.32. The fourth-order valence-electron chi connectivity index (χ4n) is 3.82. The van der Waals surface area contributed by atoms with Crippen molar-refractivity contribution in [1.82, 2.24) is 14.9 Å². The van der Waals surface area contributed by atoms with E-state index in [4.69, 9.17) is 14.5 Å². The Morgan fingerprint density at radius 1 is 1.19 bits per heavy atom. The van der Waals surface area contributed by atoms with E-state index in [0.29, 0.717) is 19.1 Å².